The molecular formula is C18H30IN3O2. The molecular weight excluding hydrogens is 417 g/mol. The van der Waals surface area contributed by atoms with Gasteiger partial charge in [0.15, 0.2) is 5.96 Å². The van der Waals surface area contributed by atoms with Gasteiger partial charge in [-0.25, -0.2) is 0 Å². The number of nitrogens with zero attached hydrogens (tertiary/aromatic N) is 1. The van der Waals surface area contributed by atoms with Gasteiger partial charge in [-0.1, -0.05) is 37.3 Å². The Kier molecular flexibility index (Phi) is 9.61. The maximum Gasteiger partial charge on any atom is 0.191 e. The summed E-state index contributed by atoms with van der Waals surface area (Å²) in [7, 11) is 1.78. The van der Waals surface area contributed by atoms with Gasteiger partial charge in [0.25, 0.3) is 0 Å². The van der Waals surface area contributed by atoms with Crippen molar-refractivity contribution >= 4 is 29.9 Å². The molecule has 1 aliphatic heterocycles. The van der Waals surface area contributed by atoms with Crippen LogP contribution in [-0.2, 0) is 4.74 Å². The molecule has 1 heterocycles. The van der Waals surface area contributed by atoms with Crippen molar-refractivity contribution in [1.82, 2.24) is 10.6 Å². The molecule has 0 spiro atoms. The number of ether oxygens (including phenoxy) is 1. The highest BCUT2D eigenvalue weighted by molar-refractivity contribution is 14.0. The van der Waals surface area contributed by atoms with E-state index in [1.165, 1.54) is 5.56 Å². The summed E-state index contributed by atoms with van der Waals surface area (Å²) >= 11 is 0. The Hall–Kier alpha value is -0.860. The number of benzene rings is 1. The molecule has 136 valence electrons. The maximum atomic E-state index is 9.29. The lowest BCUT2D eigenvalue weighted by atomic mass is 9.84. The van der Waals surface area contributed by atoms with Crippen LogP contribution >= 0.6 is 24.0 Å². The summed E-state index contributed by atoms with van der Waals surface area (Å²) in [5.41, 5.74) is 1.34. The fourth-order valence-corrected chi connectivity index (χ4v) is 2.95. The van der Waals surface area contributed by atoms with Gasteiger partial charge in [0.2, 0.25) is 0 Å². The highest BCUT2D eigenvalue weighted by atomic mass is 127. The van der Waals surface area contributed by atoms with Crippen molar-refractivity contribution in [3.05, 3.63) is 35.9 Å². The zero-order valence-electron chi connectivity index (χ0n) is 14.6. The molecule has 1 saturated heterocycles. The fourth-order valence-electron chi connectivity index (χ4n) is 2.95. The van der Waals surface area contributed by atoms with Crippen LogP contribution in [0.3, 0.4) is 0 Å². The summed E-state index contributed by atoms with van der Waals surface area (Å²) in [5.74, 6) is 1.22. The van der Waals surface area contributed by atoms with Gasteiger partial charge in [-0.15, -0.1) is 24.0 Å². The minimum Gasteiger partial charge on any atom is -0.396 e. The Morgan fingerprint density at radius 1 is 1.33 bits per heavy atom. The van der Waals surface area contributed by atoms with Crippen LogP contribution in [0.25, 0.3) is 0 Å². The van der Waals surface area contributed by atoms with E-state index in [1.807, 2.05) is 6.07 Å². The zero-order chi connectivity index (χ0) is 16.5. The first-order valence-corrected chi connectivity index (χ1v) is 8.37. The van der Waals surface area contributed by atoms with E-state index in [-0.39, 0.29) is 36.0 Å². The van der Waals surface area contributed by atoms with Gasteiger partial charge in [-0.3, -0.25) is 4.99 Å². The molecule has 2 unspecified atom stereocenters. The van der Waals surface area contributed by atoms with Crippen LogP contribution in [0.5, 0.6) is 0 Å². The minimum atomic E-state index is 0. The SMILES string of the molecule is CN=C(NCC(C)c1ccccc1)NCC1(CCO)CCOC1.I. The number of hydrogen-bond acceptors (Lipinski definition) is 3. The molecule has 24 heavy (non-hydrogen) atoms. The van der Waals surface area contributed by atoms with Crippen LogP contribution in [0.2, 0.25) is 0 Å². The van der Waals surface area contributed by atoms with Crippen LogP contribution < -0.4 is 10.6 Å². The van der Waals surface area contributed by atoms with Crippen molar-refractivity contribution in [3.8, 4) is 0 Å². The zero-order valence-corrected chi connectivity index (χ0v) is 17.0. The molecule has 0 radical (unpaired) electrons. The van der Waals surface area contributed by atoms with Crippen LogP contribution in [0.4, 0.5) is 0 Å². The predicted molar refractivity (Wildman–Crippen MR) is 109 cm³/mol. The van der Waals surface area contributed by atoms with Crippen LogP contribution in [0, 0.1) is 5.41 Å². The monoisotopic (exact) mass is 447 g/mol. The summed E-state index contributed by atoms with van der Waals surface area (Å²) in [5, 5.41) is 16.1. The molecule has 0 aromatic heterocycles. The maximum absolute atomic E-state index is 9.29. The molecule has 1 aromatic carbocycles. The molecule has 0 bridgehead atoms. The second-order valence-corrected chi connectivity index (χ2v) is 6.39. The van der Waals surface area contributed by atoms with Crippen molar-refractivity contribution in [2.45, 2.75) is 25.7 Å². The third-order valence-electron chi connectivity index (χ3n) is 4.63. The number of aliphatic hydroxyl groups excluding tert-OH is 1. The number of rotatable bonds is 7. The topological polar surface area (TPSA) is 65.9 Å². The molecule has 1 aromatic rings. The van der Waals surface area contributed by atoms with Crippen LogP contribution in [0.1, 0.15) is 31.2 Å². The van der Waals surface area contributed by atoms with E-state index in [9.17, 15) is 5.11 Å². The van der Waals surface area contributed by atoms with E-state index in [1.54, 1.807) is 7.05 Å². The highest BCUT2D eigenvalue weighted by Crippen LogP contribution is 2.31. The second kappa shape index (κ2) is 10.9. The number of hydrogen-bond donors (Lipinski definition) is 3. The molecule has 3 N–H and O–H groups in total. The predicted octanol–water partition coefficient (Wildman–Crippen LogP) is 2.36. The lowest BCUT2D eigenvalue weighted by molar-refractivity contribution is 0.127. The molecule has 0 saturated carbocycles. The first-order chi connectivity index (χ1) is 11.2. The van der Waals surface area contributed by atoms with Gasteiger partial charge in [-0.2, -0.15) is 0 Å². The Balaban J connectivity index is 0.00000288. The van der Waals surface area contributed by atoms with Crippen LogP contribution in [0.15, 0.2) is 35.3 Å². The fraction of sp³-hybridized carbons (Fsp3) is 0.611. The van der Waals surface area contributed by atoms with E-state index in [0.717, 1.165) is 38.5 Å². The number of nitrogens with one attached hydrogen (secondary N) is 2. The smallest absolute Gasteiger partial charge is 0.191 e. The second-order valence-electron chi connectivity index (χ2n) is 6.39. The summed E-state index contributed by atoms with van der Waals surface area (Å²) in [4.78, 5) is 4.30. The quantitative estimate of drug-likeness (QED) is 0.341. The third kappa shape index (κ3) is 6.22. The van der Waals surface area contributed by atoms with Gasteiger partial charge in [0, 0.05) is 38.8 Å². The van der Waals surface area contributed by atoms with Crippen molar-refractivity contribution in [2.75, 3.05) is 40.0 Å². The Bertz CT molecular complexity index is 490. The van der Waals surface area contributed by atoms with Crippen LogP contribution in [-0.4, -0.2) is 51.0 Å². The molecule has 0 aliphatic carbocycles. The van der Waals surface area contributed by atoms with Gasteiger partial charge in [-0.05, 0) is 24.3 Å². The Morgan fingerprint density at radius 3 is 2.67 bits per heavy atom. The molecule has 1 fully saturated rings. The number of aliphatic hydroxyl groups is 1. The Labute approximate surface area is 162 Å². The average molecular weight is 447 g/mol. The summed E-state index contributed by atoms with van der Waals surface area (Å²) < 4.78 is 5.52. The normalized spacial score (nSPS) is 21.9. The van der Waals surface area contributed by atoms with Gasteiger partial charge in [0.05, 0.1) is 6.61 Å². The minimum absolute atomic E-state index is 0. The first kappa shape index (κ1) is 21.2. The largest absolute Gasteiger partial charge is 0.396 e. The van der Waals surface area contributed by atoms with Crippen molar-refractivity contribution in [3.63, 3.8) is 0 Å². The standard InChI is InChI=1S/C18H29N3O2.HI/c1-15(16-6-4-3-5-7-16)12-20-17(19-2)21-13-18(8-10-22)9-11-23-14-18;/h3-7,15,22H,8-14H2,1-2H3,(H2,19,20,21);1H. The number of guanidine groups is 1. The van der Waals surface area contributed by atoms with Gasteiger partial charge < -0.3 is 20.5 Å². The van der Waals surface area contributed by atoms with Gasteiger partial charge >= 0.3 is 0 Å². The van der Waals surface area contributed by atoms with Crippen molar-refractivity contribution in [1.29, 1.82) is 0 Å². The number of aliphatic imine (C=N–C) groups is 1. The highest BCUT2D eigenvalue weighted by Gasteiger charge is 2.34. The summed E-state index contributed by atoms with van der Waals surface area (Å²) in [6.45, 7) is 5.48. The van der Waals surface area contributed by atoms with Gasteiger partial charge in [0.1, 0.15) is 0 Å². The van der Waals surface area contributed by atoms with Crippen molar-refractivity contribution < 1.29 is 9.84 Å². The molecule has 1 aliphatic rings. The molecule has 2 rings (SSSR count). The number of halogens is 1. The van der Waals surface area contributed by atoms with Crippen molar-refractivity contribution in [2.24, 2.45) is 10.4 Å². The molecule has 2 atom stereocenters. The third-order valence-corrected chi connectivity index (χ3v) is 4.63. The molecule has 0 amide bonds. The van der Waals surface area contributed by atoms with E-state index in [4.69, 9.17) is 4.74 Å². The lowest BCUT2D eigenvalue weighted by Crippen LogP contribution is -2.45. The van der Waals surface area contributed by atoms with E-state index in [0.29, 0.717) is 12.5 Å². The molecule has 6 heteroatoms. The Morgan fingerprint density at radius 2 is 2.08 bits per heavy atom. The van der Waals surface area contributed by atoms with E-state index < -0.39 is 0 Å². The summed E-state index contributed by atoms with van der Waals surface area (Å²) in [6.07, 6.45) is 1.75. The summed E-state index contributed by atoms with van der Waals surface area (Å²) in [6, 6.07) is 10.5. The lowest BCUT2D eigenvalue weighted by Gasteiger charge is -2.28. The van der Waals surface area contributed by atoms with E-state index >= 15 is 0 Å². The first-order valence-electron chi connectivity index (χ1n) is 8.37. The average Bonchev–Trinajstić information content (AvgIpc) is 3.05. The van der Waals surface area contributed by atoms with E-state index in [2.05, 4.69) is 46.8 Å². The molecule has 5 nitrogen and oxygen atoms in total.